The third kappa shape index (κ3) is 1.90. The summed E-state index contributed by atoms with van der Waals surface area (Å²) in [5, 5.41) is 5.48. The Hall–Kier alpha value is -2.36. The molecule has 0 radical (unpaired) electrons. The molecule has 0 bridgehead atoms. The average molecular weight is 278 g/mol. The Morgan fingerprint density at radius 3 is 2.90 bits per heavy atom. The number of hydrogen-bond acceptors (Lipinski definition) is 3. The second kappa shape index (κ2) is 4.58. The van der Waals surface area contributed by atoms with Crippen molar-refractivity contribution in [3.63, 3.8) is 0 Å². The number of aryl methyl sites for hydroxylation is 2. The molecule has 21 heavy (non-hydrogen) atoms. The summed E-state index contributed by atoms with van der Waals surface area (Å²) in [6.45, 7) is 2.08. The van der Waals surface area contributed by atoms with Crippen molar-refractivity contribution in [2.24, 2.45) is 0 Å². The molecule has 0 unspecified atom stereocenters. The number of nitrogens with zero attached hydrogens (tertiary/aromatic N) is 3. The molecule has 0 aliphatic heterocycles. The van der Waals surface area contributed by atoms with Crippen molar-refractivity contribution in [1.29, 1.82) is 0 Å². The van der Waals surface area contributed by atoms with Crippen LogP contribution in [0.2, 0.25) is 0 Å². The topological polar surface area (TPSA) is 56.7 Å². The minimum atomic E-state index is 0.869. The monoisotopic (exact) mass is 278 g/mol. The quantitative estimate of drug-likeness (QED) is 0.743. The van der Waals surface area contributed by atoms with E-state index < -0.39 is 0 Å². The molecule has 4 rings (SSSR count). The molecular formula is C17H18N4. The van der Waals surface area contributed by atoms with Gasteiger partial charge in [0.2, 0.25) is 0 Å². The standard InChI is InChI=1S/C17H18N4/c1-11-5-4-6-12(9-11)21-17-14(10-19-21)16(18)13-7-2-3-8-15(13)20-17/h4-6,9-10H,2-3,7-8H2,1H3,(H2,18,20). The molecule has 2 heterocycles. The molecule has 3 aromatic rings. The highest BCUT2D eigenvalue weighted by molar-refractivity contribution is 5.90. The van der Waals surface area contributed by atoms with E-state index in [9.17, 15) is 0 Å². The van der Waals surface area contributed by atoms with Crippen LogP contribution in [0.3, 0.4) is 0 Å². The normalized spacial score (nSPS) is 14.3. The summed E-state index contributed by atoms with van der Waals surface area (Å²) in [7, 11) is 0. The Kier molecular flexibility index (Phi) is 2.70. The number of aromatic nitrogens is 3. The minimum Gasteiger partial charge on any atom is -0.398 e. The largest absolute Gasteiger partial charge is 0.398 e. The van der Waals surface area contributed by atoms with Gasteiger partial charge in [0, 0.05) is 11.4 Å². The molecule has 1 aliphatic rings. The highest BCUT2D eigenvalue weighted by atomic mass is 15.3. The second-order valence-corrected chi connectivity index (χ2v) is 5.79. The first-order valence-corrected chi connectivity index (χ1v) is 7.46. The van der Waals surface area contributed by atoms with Crippen LogP contribution in [0.25, 0.3) is 16.7 Å². The molecular weight excluding hydrogens is 260 g/mol. The summed E-state index contributed by atoms with van der Waals surface area (Å²) < 4.78 is 1.90. The van der Waals surface area contributed by atoms with Crippen LogP contribution in [-0.4, -0.2) is 14.8 Å². The van der Waals surface area contributed by atoms with Gasteiger partial charge in [-0.15, -0.1) is 0 Å². The lowest BCUT2D eigenvalue weighted by atomic mass is 9.94. The minimum absolute atomic E-state index is 0.869. The lowest BCUT2D eigenvalue weighted by Crippen LogP contribution is -2.10. The molecule has 0 saturated carbocycles. The number of pyridine rings is 1. The molecule has 0 saturated heterocycles. The van der Waals surface area contributed by atoms with Gasteiger partial charge >= 0.3 is 0 Å². The zero-order valence-corrected chi connectivity index (χ0v) is 12.1. The summed E-state index contributed by atoms with van der Waals surface area (Å²) in [5.74, 6) is 0. The molecule has 0 spiro atoms. The lowest BCUT2D eigenvalue weighted by Gasteiger charge is -2.17. The van der Waals surface area contributed by atoms with Crippen LogP contribution in [0.4, 0.5) is 5.69 Å². The number of nitrogen functional groups attached to an aromatic ring is 1. The van der Waals surface area contributed by atoms with Gasteiger partial charge in [0.25, 0.3) is 0 Å². The molecule has 106 valence electrons. The summed E-state index contributed by atoms with van der Waals surface area (Å²) in [6, 6.07) is 8.29. The van der Waals surface area contributed by atoms with Gasteiger partial charge in [-0.3, -0.25) is 0 Å². The van der Waals surface area contributed by atoms with Gasteiger partial charge in [0.1, 0.15) is 0 Å². The van der Waals surface area contributed by atoms with Gasteiger partial charge in [-0.2, -0.15) is 5.10 Å². The molecule has 1 aromatic carbocycles. The van der Waals surface area contributed by atoms with E-state index in [-0.39, 0.29) is 0 Å². The molecule has 2 aromatic heterocycles. The molecule has 0 amide bonds. The number of hydrogen-bond donors (Lipinski definition) is 1. The van der Waals surface area contributed by atoms with Crippen LogP contribution in [0.1, 0.15) is 29.7 Å². The van der Waals surface area contributed by atoms with Gasteiger partial charge in [-0.05, 0) is 55.9 Å². The fraction of sp³-hybridized carbons (Fsp3) is 0.294. The lowest BCUT2D eigenvalue weighted by molar-refractivity contribution is 0.671. The molecule has 0 fully saturated rings. The van der Waals surface area contributed by atoms with Gasteiger partial charge in [0.15, 0.2) is 5.65 Å². The van der Waals surface area contributed by atoms with E-state index in [4.69, 9.17) is 10.7 Å². The third-order valence-corrected chi connectivity index (χ3v) is 4.28. The fourth-order valence-corrected chi connectivity index (χ4v) is 3.18. The Morgan fingerprint density at radius 1 is 1.19 bits per heavy atom. The first kappa shape index (κ1) is 12.4. The zero-order chi connectivity index (χ0) is 14.4. The molecule has 4 heteroatoms. The highest BCUT2D eigenvalue weighted by Gasteiger charge is 2.19. The van der Waals surface area contributed by atoms with Gasteiger partial charge in [0.05, 0.1) is 17.3 Å². The maximum atomic E-state index is 6.37. The molecule has 1 aliphatic carbocycles. The molecule has 2 N–H and O–H groups in total. The van der Waals surface area contributed by atoms with Crippen LogP contribution >= 0.6 is 0 Å². The van der Waals surface area contributed by atoms with Crippen molar-refractivity contribution in [3.8, 4) is 5.69 Å². The number of benzene rings is 1. The van der Waals surface area contributed by atoms with Crippen LogP contribution in [0.5, 0.6) is 0 Å². The average Bonchev–Trinajstić information content (AvgIpc) is 2.92. The third-order valence-electron chi connectivity index (χ3n) is 4.28. The first-order valence-electron chi connectivity index (χ1n) is 7.46. The van der Waals surface area contributed by atoms with E-state index in [0.29, 0.717) is 0 Å². The van der Waals surface area contributed by atoms with Crippen molar-refractivity contribution in [1.82, 2.24) is 14.8 Å². The van der Waals surface area contributed by atoms with Crippen molar-refractivity contribution < 1.29 is 0 Å². The molecule has 0 atom stereocenters. The van der Waals surface area contributed by atoms with E-state index in [0.717, 1.165) is 40.9 Å². The van der Waals surface area contributed by atoms with Crippen molar-refractivity contribution in [3.05, 3.63) is 47.3 Å². The number of nitrogens with two attached hydrogens (primary N) is 1. The van der Waals surface area contributed by atoms with Gasteiger partial charge in [-0.25, -0.2) is 9.67 Å². The Morgan fingerprint density at radius 2 is 2.05 bits per heavy atom. The predicted octanol–water partition coefficient (Wildman–Crippen LogP) is 3.19. The maximum absolute atomic E-state index is 6.37. The highest BCUT2D eigenvalue weighted by Crippen LogP contribution is 2.31. The zero-order valence-electron chi connectivity index (χ0n) is 12.1. The predicted molar refractivity (Wildman–Crippen MR) is 84.7 cm³/mol. The van der Waals surface area contributed by atoms with Crippen LogP contribution in [0.15, 0.2) is 30.5 Å². The first-order chi connectivity index (χ1) is 10.2. The summed E-state index contributed by atoms with van der Waals surface area (Å²) in [6.07, 6.45) is 6.31. The van der Waals surface area contributed by atoms with Crippen molar-refractivity contribution in [2.75, 3.05) is 5.73 Å². The smallest absolute Gasteiger partial charge is 0.165 e. The number of fused-ring (bicyclic) bond motifs is 2. The van der Waals surface area contributed by atoms with E-state index in [1.807, 2.05) is 16.9 Å². The number of anilines is 1. The Bertz CT molecular complexity index is 832. The van der Waals surface area contributed by atoms with Gasteiger partial charge in [-0.1, -0.05) is 12.1 Å². The van der Waals surface area contributed by atoms with Crippen molar-refractivity contribution in [2.45, 2.75) is 32.6 Å². The number of rotatable bonds is 1. The Balaban J connectivity index is 1.98. The SMILES string of the molecule is Cc1cccc(-n2ncc3c(N)c4c(nc32)CCCC4)c1. The van der Waals surface area contributed by atoms with E-state index in [2.05, 4.69) is 30.2 Å². The Labute approximate surface area is 123 Å². The maximum Gasteiger partial charge on any atom is 0.165 e. The van der Waals surface area contributed by atoms with Crippen molar-refractivity contribution >= 4 is 16.7 Å². The van der Waals surface area contributed by atoms with Crippen LogP contribution < -0.4 is 5.73 Å². The summed E-state index contributed by atoms with van der Waals surface area (Å²) >= 11 is 0. The van der Waals surface area contributed by atoms with Crippen LogP contribution in [-0.2, 0) is 12.8 Å². The van der Waals surface area contributed by atoms with E-state index >= 15 is 0 Å². The van der Waals surface area contributed by atoms with E-state index in [1.165, 1.54) is 24.0 Å². The molecule has 4 nitrogen and oxygen atoms in total. The second-order valence-electron chi connectivity index (χ2n) is 5.79. The summed E-state index contributed by atoms with van der Waals surface area (Å²) in [5.41, 5.74) is 12.7. The fourth-order valence-electron chi connectivity index (χ4n) is 3.18. The van der Waals surface area contributed by atoms with Gasteiger partial charge < -0.3 is 5.73 Å². The van der Waals surface area contributed by atoms with E-state index in [1.54, 1.807) is 0 Å². The van der Waals surface area contributed by atoms with Crippen LogP contribution in [0, 0.1) is 6.92 Å². The summed E-state index contributed by atoms with van der Waals surface area (Å²) in [4.78, 5) is 4.86.